The van der Waals surface area contributed by atoms with Gasteiger partial charge in [0.25, 0.3) is 0 Å². The van der Waals surface area contributed by atoms with Gasteiger partial charge in [-0.15, -0.1) is 0 Å². The van der Waals surface area contributed by atoms with E-state index in [9.17, 15) is 9.59 Å². The molecule has 1 aromatic carbocycles. The molecule has 0 amide bonds. The number of carbonyl (C=O) groups is 2. The minimum Gasteiger partial charge on any atom is -0.459 e. The van der Waals surface area contributed by atoms with Crippen LogP contribution in [0.25, 0.3) is 0 Å². The third-order valence-electron chi connectivity index (χ3n) is 1.61. The molecule has 0 unspecified atom stereocenters. The molecule has 0 saturated carbocycles. The summed E-state index contributed by atoms with van der Waals surface area (Å²) in [5.41, 5.74) is 0.640. The van der Waals surface area contributed by atoms with Crippen LogP contribution in [0.1, 0.15) is 12.5 Å². The first-order valence-corrected chi connectivity index (χ1v) is 4.50. The second kappa shape index (κ2) is 5.56. The molecule has 16 heavy (non-hydrogen) atoms. The molecule has 0 bridgehead atoms. The lowest BCUT2D eigenvalue weighted by atomic mass is 10.2. The van der Waals surface area contributed by atoms with E-state index in [-0.39, 0.29) is 5.97 Å². The molecule has 0 N–H and O–H groups in total. The molecule has 0 fully saturated rings. The van der Waals surface area contributed by atoms with Gasteiger partial charge in [0, 0.05) is 18.4 Å². The fraction of sp³-hybridized carbons (Fsp3) is 0.167. The van der Waals surface area contributed by atoms with Crippen LogP contribution in [-0.2, 0) is 14.3 Å². The highest BCUT2D eigenvalue weighted by molar-refractivity contribution is 5.89. The van der Waals surface area contributed by atoms with Crippen molar-refractivity contribution in [3.8, 4) is 17.6 Å². The van der Waals surface area contributed by atoms with Crippen LogP contribution in [0.4, 0.5) is 0 Å². The van der Waals surface area contributed by atoms with Gasteiger partial charge in [-0.05, 0) is 24.3 Å². The Bertz CT molecular complexity index is 448. The highest BCUT2D eigenvalue weighted by Gasteiger charge is 1.97. The number of esters is 2. The number of rotatable bonds is 1. The number of hydrogen-bond acceptors (Lipinski definition) is 4. The lowest BCUT2D eigenvalue weighted by Crippen LogP contribution is -2.00. The van der Waals surface area contributed by atoms with E-state index in [0.29, 0.717) is 11.3 Å². The van der Waals surface area contributed by atoms with Crippen molar-refractivity contribution in [1.82, 2.24) is 0 Å². The third-order valence-corrected chi connectivity index (χ3v) is 1.61. The van der Waals surface area contributed by atoms with E-state index in [1.807, 2.05) is 0 Å². The monoisotopic (exact) mass is 218 g/mol. The second-order valence-electron chi connectivity index (χ2n) is 2.86. The topological polar surface area (TPSA) is 52.6 Å². The number of methoxy groups -OCH3 is 1. The molecule has 1 aromatic rings. The largest absolute Gasteiger partial charge is 0.459 e. The van der Waals surface area contributed by atoms with Crippen molar-refractivity contribution in [3.05, 3.63) is 29.8 Å². The first kappa shape index (κ1) is 11.8. The van der Waals surface area contributed by atoms with Crippen molar-refractivity contribution in [2.45, 2.75) is 6.92 Å². The van der Waals surface area contributed by atoms with Gasteiger partial charge in [0.05, 0.1) is 7.11 Å². The summed E-state index contributed by atoms with van der Waals surface area (Å²) in [6.07, 6.45) is 0. The van der Waals surface area contributed by atoms with E-state index in [0.717, 1.165) is 0 Å². The SMILES string of the molecule is COC(=O)C#Cc1ccc(OC(C)=O)cc1. The maximum absolute atomic E-state index is 10.7. The molecule has 0 aliphatic carbocycles. The Hall–Kier alpha value is -2.28. The molecular formula is C12H10O4. The van der Waals surface area contributed by atoms with Gasteiger partial charge in [0.2, 0.25) is 0 Å². The summed E-state index contributed by atoms with van der Waals surface area (Å²) >= 11 is 0. The second-order valence-corrected chi connectivity index (χ2v) is 2.86. The molecule has 0 aromatic heterocycles. The Morgan fingerprint density at radius 1 is 1.19 bits per heavy atom. The lowest BCUT2D eigenvalue weighted by molar-refractivity contribution is -0.134. The fourth-order valence-corrected chi connectivity index (χ4v) is 0.947. The summed E-state index contributed by atoms with van der Waals surface area (Å²) < 4.78 is 9.20. The summed E-state index contributed by atoms with van der Waals surface area (Å²) in [6, 6.07) is 6.49. The van der Waals surface area contributed by atoms with Gasteiger partial charge in [-0.3, -0.25) is 4.79 Å². The summed E-state index contributed by atoms with van der Waals surface area (Å²) in [7, 11) is 1.26. The number of carbonyl (C=O) groups excluding carboxylic acids is 2. The normalized spacial score (nSPS) is 8.62. The Balaban J connectivity index is 2.74. The molecule has 0 atom stereocenters. The number of ether oxygens (including phenoxy) is 2. The van der Waals surface area contributed by atoms with E-state index < -0.39 is 5.97 Å². The first-order valence-electron chi connectivity index (χ1n) is 4.50. The summed E-state index contributed by atoms with van der Waals surface area (Å²) in [4.78, 5) is 21.4. The minimum absolute atomic E-state index is 0.381. The van der Waals surface area contributed by atoms with Crippen LogP contribution < -0.4 is 4.74 Å². The van der Waals surface area contributed by atoms with Crippen molar-refractivity contribution < 1.29 is 19.1 Å². The summed E-state index contributed by atoms with van der Waals surface area (Å²) in [6.45, 7) is 1.32. The van der Waals surface area contributed by atoms with E-state index >= 15 is 0 Å². The molecule has 0 spiro atoms. The predicted molar refractivity (Wildman–Crippen MR) is 56.6 cm³/mol. The number of benzene rings is 1. The third kappa shape index (κ3) is 3.84. The summed E-state index contributed by atoms with van der Waals surface area (Å²) in [5.74, 6) is 4.37. The molecule has 82 valence electrons. The quantitative estimate of drug-likeness (QED) is 0.403. The van der Waals surface area contributed by atoms with Crippen molar-refractivity contribution in [3.63, 3.8) is 0 Å². The van der Waals surface area contributed by atoms with Gasteiger partial charge in [0.15, 0.2) is 0 Å². The maximum Gasteiger partial charge on any atom is 0.384 e. The van der Waals surface area contributed by atoms with E-state index in [2.05, 4.69) is 16.6 Å². The Labute approximate surface area is 93.2 Å². The molecule has 0 radical (unpaired) electrons. The van der Waals surface area contributed by atoms with Crippen molar-refractivity contribution in [2.75, 3.05) is 7.11 Å². The Kier molecular flexibility index (Phi) is 4.10. The maximum atomic E-state index is 10.7. The highest BCUT2D eigenvalue weighted by Crippen LogP contribution is 2.11. The van der Waals surface area contributed by atoms with Crippen molar-refractivity contribution in [1.29, 1.82) is 0 Å². The van der Waals surface area contributed by atoms with Gasteiger partial charge in [0.1, 0.15) is 5.75 Å². The van der Waals surface area contributed by atoms with Crippen LogP contribution in [0.3, 0.4) is 0 Å². The first-order chi connectivity index (χ1) is 7.61. The smallest absolute Gasteiger partial charge is 0.384 e. The van der Waals surface area contributed by atoms with Crippen molar-refractivity contribution in [2.24, 2.45) is 0 Å². The van der Waals surface area contributed by atoms with Gasteiger partial charge in [-0.25, -0.2) is 4.79 Å². The lowest BCUT2D eigenvalue weighted by Gasteiger charge is -1.99. The Morgan fingerprint density at radius 3 is 2.31 bits per heavy atom. The van der Waals surface area contributed by atoms with Crippen LogP contribution in [0.5, 0.6) is 5.75 Å². The molecule has 1 rings (SSSR count). The number of hydrogen-bond donors (Lipinski definition) is 0. The van der Waals surface area contributed by atoms with Crippen molar-refractivity contribution >= 4 is 11.9 Å². The molecular weight excluding hydrogens is 208 g/mol. The van der Waals surface area contributed by atoms with Crippen LogP contribution >= 0.6 is 0 Å². The van der Waals surface area contributed by atoms with Gasteiger partial charge >= 0.3 is 11.9 Å². The van der Waals surface area contributed by atoms with Crippen LogP contribution in [0.2, 0.25) is 0 Å². The highest BCUT2D eigenvalue weighted by atomic mass is 16.5. The standard InChI is InChI=1S/C12H10O4/c1-9(13)16-11-6-3-10(4-7-11)5-8-12(14)15-2/h3-4,6-7H,1-2H3. The zero-order valence-electron chi connectivity index (χ0n) is 8.94. The predicted octanol–water partition coefficient (Wildman–Crippen LogP) is 1.14. The van der Waals surface area contributed by atoms with Gasteiger partial charge in [-0.2, -0.15) is 0 Å². The Morgan fingerprint density at radius 2 is 1.81 bits per heavy atom. The molecule has 4 nitrogen and oxygen atoms in total. The van der Waals surface area contributed by atoms with E-state index in [1.165, 1.54) is 14.0 Å². The molecule has 0 heterocycles. The zero-order chi connectivity index (χ0) is 12.0. The van der Waals surface area contributed by atoms with Crippen LogP contribution in [0.15, 0.2) is 24.3 Å². The fourth-order valence-electron chi connectivity index (χ4n) is 0.947. The van der Waals surface area contributed by atoms with Crippen LogP contribution in [0, 0.1) is 11.8 Å². The average Bonchev–Trinajstić information content (AvgIpc) is 2.27. The molecule has 0 aliphatic rings. The molecule has 0 aliphatic heterocycles. The zero-order valence-corrected chi connectivity index (χ0v) is 8.94. The average molecular weight is 218 g/mol. The molecule has 4 heteroatoms. The van der Waals surface area contributed by atoms with Crippen LogP contribution in [-0.4, -0.2) is 19.0 Å². The van der Waals surface area contributed by atoms with Gasteiger partial charge in [-0.1, -0.05) is 5.92 Å². The van der Waals surface area contributed by atoms with E-state index in [1.54, 1.807) is 24.3 Å². The molecule has 0 saturated heterocycles. The summed E-state index contributed by atoms with van der Waals surface area (Å²) in [5, 5.41) is 0. The van der Waals surface area contributed by atoms with Gasteiger partial charge < -0.3 is 9.47 Å². The van der Waals surface area contributed by atoms with E-state index in [4.69, 9.17) is 4.74 Å². The minimum atomic E-state index is -0.593.